The van der Waals surface area contributed by atoms with Gasteiger partial charge in [-0.15, -0.1) is 11.3 Å². The van der Waals surface area contributed by atoms with Crippen LogP contribution < -0.4 is 5.32 Å². The zero-order chi connectivity index (χ0) is 19.4. The van der Waals surface area contributed by atoms with Crippen LogP contribution in [0.1, 0.15) is 27.9 Å². The minimum Gasteiger partial charge on any atom is -0.478 e. The van der Waals surface area contributed by atoms with Crippen molar-refractivity contribution in [1.82, 2.24) is 0 Å². The summed E-state index contributed by atoms with van der Waals surface area (Å²) < 4.78 is 0. The minimum absolute atomic E-state index is 0.103. The van der Waals surface area contributed by atoms with E-state index in [0.29, 0.717) is 22.0 Å². The van der Waals surface area contributed by atoms with Crippen molar-refractivity contribution in [3.63, 3.8) is 0 Å². The average Bonchev–Trinajstić information content (AvgIpc) is 3.05. The molecule has 0 radical (unpaired) electrons. The van der Waals surface area contributed by atoms with Crippen LogP contribution in [-0.2, 0) is 11.2 Å². The van der Waals surface area contributed by atoms with E-state index in [1.807, 2.05) is 31.2 Å². The van der Waals surface area contributed by atoms with Crippen LogP contribution in [0.4, 0.5) is 5.00 Å². The molecule has 27 heavy (non-hydrogen) atoms. The van der Waals surface area contributed by atoms with Gasteiger partial charge in [-0.05, 0) is 36.6 Å². The molecule has 0 atom stereocenters. The summed E-state index contributed by atoms with van der Waals surface area (Å²) in [5.74, 6) is -1.28. The topological polar surface area (TPSA) is 66.4 Å². The SMILES string of the molecule is Cc1ccc(CCC(=O)Nc2scc(-c3ccc(Cl)cc3)c2C(=O)O)cc1. The third-order valence-corrected chi connectivity index (χ3v) is 5.32. The Hall–Kier alpha value is -2.63. The monoisotopic (exact) mass is 399 g/mol. The van der Waals surface area contributed by atoms with Gasteiger partial charge in [-0.1, -0.05) is 53.6 Å². The van der Waals surface area contributed by atoms with Crippen molar-refractivity contribution in [2.45, 2.75) is 19.8 Å². The van der Waals surface area contributed by atoms with E-state index in [0.717, 1.165) is 11.1 Å². The average molecular weight is 400 g/mol. The van der Waals surface area contributed by atoms with Gasteiger partial charge in [-0.25, -0.2) is 4.79 Å². The first-order valence-corrected chi connectivity index (χ1v) is 9.66. The van der Waals surface area contributed by atoms with E-state index in [1.54, 1.807) is 29.6 Å². The highest BCUT2D eigenvalue weighted by molar-refractivity contribution is 7.15. The Morgan fingerprint density at radius 3 is 2.37 bits per heavy atom. The van der Waals surface area contributed by atoms with E-state index >= 15 is 0 Å². The van der Waals surface area contributed by atoms with Crippen LogP contribution >= 0.6 is 22.9 Å². The van der Waals surface area contributed by atoms with Crippen LogP contribution in [0.25, 0.3) is 11.1 Å². The van der Waals surface area contributed by atoms with E-state index < -0.39 is 5.97 Å². The molecule has 0 saturated heterocycles. The summed E-state index contributed by atoms with van der Waals surface area (Å²) in [6.07, 6.45) is 0.889. The molecule has 3 rings (SSSR count). The number of thiophene rings is 1. The van der Waals surface area contributed by atoms with E-state index in [9.17, 15) is 14.7 Å². The van der Waals surface area contributed by atoms with Crippen LogP contribution in [0.15, 0.2) is 53.9 Å². The molecule has 1 aromatic heterocycles. The zero-order valence-corrected chi connectivity index (χ0v) is 16.2. The molecule has 1 heterocycles. The van der Waals surface area contributed by atoms with Gasteiger partial charge in [0, 0.05) is 22.4 Å². The number of hydrogen-bond donors (Lipinski definition) is 2. The lowest BCUT2D eigenvalue weighted by Gasteiger charge is -2.07. The maximum atomic E-state index is 12.3. The number of hydrogen-bond acceptors (Lipinski definition) is 3. The van der Waals surface area contributed by atoms with Crippen molar-refractivity contribution in [3.05, 3.63) is 75.6 Å². The Morgan fingerprint density at radius 1 is 1.07 bits per heavy atom. The van der Waals surface area contributed by atoms with E-state index in [1.165, 1.54) is 16.9 Å². The molecule has 2 N–H and O–H groups in total. The van der Waals surface area contributed by atoms with Gasteiger partial charge in [0.1, 0.15) is 10.6 Å². The molecule has 6 heteroatoms. The summed E-state index contributed by atoms with van der Waals surface area (Å²) in [5, 5.41) is 15.0. The number of aryl methyl sites for hydroxylation is 2. The van der Waals surface area contributed by atoms with Gasteiger partial charge in [0.2, 0.25) is 5.91 Å². The Morgan fingerprint density at radius 2 is 1.74 bits per heavy atom. The molecule has 4 nitrogen and oxygen atoms in total. The number of carboxylic acids is 1. The van der Waals surface area contributed by atoms with Crippen molar-refractivity contribution < 1.29 is 14.7 Å². The van der Waals surface area contributed by atoms with Gasteiger partial charge in [0.25, 0.3) is 0 Å². The van der Waals surface area contributed by atoms with Gasteiger partial charge in [0.15, 0.2) is 0 Å². The first-order chi connectivity index (χ1) is 12.9. The molecule has 138 valence electrons. The van der Waals surface area contributed by atoms with Crippen molar-refractivity contribution in [1.29, 1.82) is 0 Å². The Labute approximate surface area is 166 Å². The van der Waals surface area contributed by atoms with Gasteiger partial charge < -0.3 is 10.4 Å². The fourth-order valence-electron chi connectivity index (χ4n) is 2.71. The Bertz CT molecular complexity index is 962. The minimum atomic E-state index is -1.07. The molecule has 0 spiro atoms. The lowest BCUT2D eigenvalue weighted by Crippen LogP contribution is -2.14. The highest BCUT2D eigenvalue weighted by Gasteiger charge is 2.21. The predicted molar refractivity (Wildman–Crippen MR) is 110 cm³/mol. The number of anilines is 1. The van der Waals surface area contributed by atoms with E-state index in [2.05, 4.69) is 5.32 Å². The predicted octanol–water partition coefficient (Wildman–Crippen LogP) is 5.65. The van der Waals surface area contributed by atoms with Crippen LogP contribution in [0.5, 0.6) is 0 Å². The molecule has 0 fully saturated rings. The van der Waals surface area contributed by atoms with Crippen molar-refractivity contribution in [3.8, 4) is 11.1 Å². The van der Waals surface area contributed by atoms with Gasteiger partial charge >= 0.3 is 5.97 Å². The smallest absolute Gasteiger partial charge is 0.339 e. The van der Waals surface area contributed by atoms with Crippen LogP contribution in [0.3, 0.4) is 0 Å². The largest absolute Gasteiger partial charge is 0.478 e. The Balaban J connectivity index is 1.74. The molecular weight excluding hydrogens is 382 g/mol. The fraction of sp³-hybridized carbons (Fsp3) is 0.143. The summed E-state index contributed by atoms with van der Waals surface area (Å²) >= 11 is 7.11. The second-order valence-electron chi connectivity index (χ2n) is 6.20. The number of nitrogens with one attached hydrogen (secondary N) is 1. The lowest BCUT2D eigenvalue weighted by molar-refractivity contribution is -0.116. The quantitative estimate of drug-likeness (QED) is 0.563. The van der Waals surface area contributed by atoms with Crippen molar-refractivity contribution in [2.24, 2.45) is 0 Å². The number of carbonyl (C=O) groups is 2. The second kappa shape index (κ2) is 8.37. The Kier molecular flexibility index (Phi) is 5.94. The molecular formula is C21H18ClNO3S. The maximum Gasteiger partial charge on any atom is 0.339 e. The number of amides is 1. The van der Waals surface area contributed by atoms with Crippen LogP contribution in [0.2, 0.25) is 5.02 Å². The molecule has 2 aromatic carbocycles. The number of rotatable bonds is 6. The molecule has 0 aliphatic carbocycles. The summed E-state index contributed by atoms with van der Waals surface area (Å²) in [5.41, 5.74) is 3.65. The highest BCUT2D eigenvalue weighted by Crippen LogP contribution is 2.36. The highest BCUT2D eigenvalue weighted by atomic mass is 35.5. The molecule has 0 saturated carbocycles. The third-order valence-electron chi connectivity index (χ3n) is 4.17. The van der Waals surface area contributed by atoms with Gasteiger partial charge in [-0.3, -0.25) is 4.79 Å². The summed E-state index contributed by atoms with van der Waals surface area (Å²) in [6, 6.07) is 14.9. The third kappa shape index (κ3) is 4.76. The van der Waals surface area contributed by atoms with E-state index in [-0.39, 0.29) is 17.9 Å². The van der Waals surface area contributed by atoms with Gasteiger partial charge in [-0.2, -0.15) is 0 Å². The normalized spacial score (nSPS) is 10.6. The van der Waals surface area contributed by atoms with Crippen LogP contribution in [-0.4, -0.2) is 17.0 Å². The maximum absolute atomic E-state index is 12.3. The standard InChI is InChI=1S/C21H18ClNO3S/c1-13-2-4-14(5-3-13)6-11-18(24)23-20-19(21(25)26)17(12-27-20)15-7-9-16(22)10-8-15/h2-5,7-10,12H,6,11H2,1H3,(H,23,24)(H,25,26). The summed E-state index contributed by atoms with van der Waals surface area (Å²) in [4.78, 5) is 24.1. The number of aromatic carboxylic acids is 1. The second-order valence-corrected chi connectivity index (χ2v) is 7.52. The molecule has 0 bridgehead atoms. The lowest BCUT2D eigenvalue weighted by atomic mass is 10.0. The van der Waals surface area contributed by atoms with Crippen LogP contribution in [0, 0.1) is 6.92 Å². The van der Waals surface area contributed by atoms with E-state index in [4.69, 9.17) is 11.6 Å². The molecule has 1 amide bonds. The number of halogens is 1. The summed E-state index contributed by atoms with van der Waals surface area (Å²) in [6.45, 7) is 2.01. The van der Waals surface area contributed by atoms with Crippen molar-refractivity contribution in [2.75, 3.05) is 5.32 Å². The number of carboxylic acid groups (broad SMARTS) is 1. The molecule has 0 unspecified atom stereocenters. The molecule has 0 aliphatic rings. The first-order valence-electron chi connectivity index (χ1n) is 8.40. The molecule has 0 aliphatic heterocycles. The van der Waals surface area contributed by atoms with Crippen molar-refractivity contribution >= 4 is 39.8 Å². The van der Waals surface area contributed by atoms with Gasteiger partial charge in [0.05, 0.1) is 0 Å². The first kappa shape index (κ1) is 19.1. The fourth-order valence-corrected chi connectivity index (χ4v) is 3.81. The summed E-state index contributed by atoms with van der Waals surface area (Å²) in [7, 11) is 0. The number of carbonyl (C=O) groups excluding carboxylic acids is 1. The zero-order valence-electron chi connectivity index (χ0n) is 14.7. The number of benzene rings is 2. The molecule has 3 aromatic rings.